The van der Waals surface area contributed by atoms with Gasteiger partial charge in [0.25, 0.3) is 0 Å². The molecule has 26 heavy (non-hydrogen) atoms. The maximum Gasteiger partial charge on any atom is 0.245 e. The predicted molar refractivity (Wildman–Crippen MR) is 101 cm³/mol. The minimum Gasteiger partial charge on any atom is -0.495 e. The largest absolute Gasteiger partial charge is 0.495 e. The summed E-state index contributed by atoms with van der Waals surface area (Å²) in [7, 11) is -2.62. The van der Waals surface area contributed by atoms with Crippen LogP contribution in [0.25, 0.3) is 0 Å². The number of nitrogens with one attached hydrogen (secondary N) is 2. The summed E-state index contributed by atoms with van der Waals surface area (Å²) >= 11 is 5.88. The van der Waals surface area contributed by atoms with Crippen LogP contribution in [0.1, 0.15) is 18.1 Å². The van der Waals surface area contributed by atoms with E-state index in [1.54, 1.807) is 0 Å². The summed E-state index contributed by atoms with van der Waals surface area (Å²) in [6.07, 6.45) is 0. The van der Waals surface area contributed by atoms with Gasteiger partial charge in [0.15, 0.2) is 0 Å². The minimum atomic E-state index is -3.98. The van der Waals surface area contributed by atoms with Crippen molar-refractivity contribution in [2.75, 3.05) is 7.11 Å². The quantitative estimate of drug-likeness (QED) is 0.753. The van der Waals surface area contributed by atoms with E-state index in [-0.39, 0.29) is 15.7 Å². The van der Waals surface area contributed by atoms with Crippen LogP contribution >= 0.6 is 11.6 Å². The fourth-order valence-corrected chi connectivity index (χ4v) is 3.89. The molecule has 1 atom stereocenters. The first-order chi connectivity index (χ1) is 12.2. The van der Waals surface area contributed by atoms with Crippen LogP contribution in [0.2, 0.25) is 5.02 Å². The first kappa shape index (κ1) is 20.2. The molecule has 0 fully saturated rings. The van der Waals surface area contributed by atoms with Gasteiger partial charge in [-0.1, -0.05) is 41.4 Å². The molecule has 0 saturated heterocycles. The monoisotopic (exact) mass is 396 g/mol. The second kappa shape index (κ2) is 8.53. The van der Waals surface area contributed by atoms with Crippen LogP contribution in [0.5, 0.6) is 5.75 Å². The van der Waals surface area contributed by atoms with E-state index in [2.05, 4.69) is 10.0 Å². The number of hydrogen-bond donors (Lipinski definition) is 2. The number of aryl methyl sites for hydroxylation is 1. The Morgan fingerprint density at radius 3 is 2.46 bits per heavy atom. The number of ether oxygens (including phenoxy) is 1. The SMILES string of the molecule is COc1ccc(Cl)cc1S(=O)(=O)N[C@H](C)C(=O)NCc1ccc(C)cc1. The first-order valence-electron chi connectivity index (χ1n) is 7.92. The van der Waals surface area contributed by atoms with Crippen LogP contribution in [0.15, 0.2) is 47.4 Å². The fraction of sp³-hybridized carbons (Fsp3) is 0.278. The highest BCUT2D eigenvalue weighted by Crippen LogP contribution is 2.27. The average Bonchev–Trinajstić information content (AvgIpc) is 2.60. The molecule has 2 rings (SSSR count). The molecule has 2 aromatic carbocycles. The zero-order valence-corrected chi connectivity index (χ0v) is 16.3. The lowest BCUT2D eigenvalue weighted by Crippen LogP contribution is -2.44. The van der Waals surface area contributed by atoms with Crippen molar-refractivity contribution in [1.29, 1.82) is 0 Å². The third-order valence-corrected chi connectivity index (χ3v) is 5.52. The molecule has 0 aliphatic heterocycles. The van der Waals surface area contributed by atoms with Gasteiger partial charge in [-0.25, -0.2) is 8.42 Å². The van der Waals surface area contributed by atoms with Crippen LogP contribution in [-0.4, -0.2) is 27.5 Å². The zero-order chi connectivity index (χ0) is 19.3. The molecular weight excluding hydrogens is 376 g/mol. The minimum absolute atomic E-state index is 0.120. The van der Waals surface area contributed by atoms with E-state index in [0.717, 1.165) is 11.1 Å². The topological polar surface area (TPSA) is 84.5 Å². The lowest BCUT2D eigenvalue weighted by atomic mass is 10.1. The highest BCUT2D eigenvalue weighted by atomic mass is 35.5. The van der Waals surface area contributed by atoms with E-state index in [4.69, 9.17) is 16.3 Å². The van der Waals surface area contributed by atoms with Gasteiger partial charge < -0.3 is 10.1 Å². The molecule has 0 saturated carbocycles. The lowest BCUT2D eigenvalue weighted by molar-refractivity contribution is -0.122. The number of halogens is 1. The highest BCUT2D eigenvalue weighted by molar-refractivity contribution is 7.89. The van der Waals surface area contributed by atoms with Gasteiger partial charge in [0.2, 0.25) is 15.9 Å². The third-order valence-electron chi connectivity index (χ3n) is 3.73. The Labute approximate surface area is 158 Å². The summed E-state index contributed by atoms with van der Waals surface area (Å²) in [6, 6.07) is 11.0. The van der Waals surface area contributed by atoms with Gasteiger partial charge in [-0.15, -0.1) is 0 Å². The smallest absolute Gasteiger partial charge is 0.245 e. The molecule has 8 heteroatoms. The van der Waals surface area contributed by atoms with Crippen molar-refractivity contribution in [3.8, 4) is 5.75 Å². The van der Waals surface area contributed by atoms with Crippen molar-refractivity contribution in [3.63, 3.8) is 0 Å². The number of carbonyl (C=O) groups is 1. The van der Waals surface area contributed by atoms with E-state index in [0.29, 0.717) is 6.54 Å². The van der Waals surface area contributed by atoms with Gasteiger partial charge >= 0.3 is 0 Å². The molecule has 0 unspecified atom stereocenters. The van der Waals surface area contributed by atoms with Crippen molar-refractivity contribution < 1.29 is 17.9 Å². The Hall–Kier alpha value is -2.09. The third kappa shape index (κ3) is 5.20. The second-order valence-electron chi connectivity index (χ2n) is 5.84. The molecule has 0 aromatic heterocycles. The molecule has 1 amide bonds. The van der Waals surface area contributed by atoms with Gasteiger partial charge in [0.1, 0.15) is 10.6 Å². The zero-order valence-electron chi connectivity index (χ0n) is 14.7. The molecule has 0 aliphatic carbocycles. The van der Waals surface area contributed by atoms with Gasteiger partial charge in [0.05, 0.1) is 13.2 Å². The molecule has 140 valence electrons. The molecule has 0 bridgehead atoms. The number of methoxy groups -OCH3 is 1. The van der Waals surface area contributed by atoms with Crippen molar-refractivity contribution in [3.05, 3.63) is 58.6 Å². The standard InChI is InChI=1S/C18H21ClN2O4S/c1-12-4-6-14(7-5-12)11-20-18(22)13(2)21-26(23,24)17-10-15(19)8-9-16(17)25-3/h4-10,13,21H,11H2,1-3H3,(H,20,22)/t13-/m1/s1. The molecular formula is C18H21ClN2O4S. The molecule has 0 spiro atoms. The number of benzene rings is 2. The molecule has 2 N–H and O–H groups in total. The Morgan fingerprint density at radius 1 is 1.19 bits per heavy atom. The van der Waals surface area contributed by atoms with E-state index < -0.39 is 22.0 Å². The first-order valence-corrected chi connectivity index (χ1v) is 9.78. The summed E-state index contributed by atoms with van der Waals surface area (Å²) in [4.78, 5) is 12.1. The second-order valence-corrected chi connectivity index (χ2v) is 7.96. The maximum atomic E-state index is 12.6. The number of sulfonamides is 1. The van der Waals surface area contributed by atoms with Crippen LogP contribution in [-0.2, 0) is 21.4 Å². The predicted octanol–water partition coefficient (Wildman–Crippen LogP) is 2.64. The number of carbonyl (C=O) groups excluding carboxylic acids is 1. The molecule has 2 aromatic rings. The average molecular weight is 397 g/mol. The Kier molecular flexibility index (Phi) is 6.63. The van der Waals surface area contributed by atoms with Gasteiger partial charge in [-0.3, -0.25) is 4.79 Å². The summed E-state index contributed by atoms with van der Waals surface area (Å²) in [5, 5.41) is 2.96. The van der Waals surface area contributed by atoms with Crippen LogP contribution < -0.4 is 14.8 Å². The molecule has 0 heterocycles. The van der Waals surface area contributed by atoms with Crippen molar-refractivity contribution in [1.82, 2.24) is 10.0 Å². The Balaban J connectivity index is 2.05. The van der Waals surface area contributed by atoms with Crippen LogP contribution in [0.4, 0.5) is 0 Å². The summed E-state index contributed by atoms with van der Waals surface area (Å²) in [6.45, 7) is 3.76. The summed E-state index contributed by atoms with van der Waals surface area (Å²) in [5.74, 6) is -0.288. The van der Waals surface area contributed by atoms with Crippen LogP contribution in [0, 0.1) is 6.92 Å². The highest BCUT2D eigenvalue weighted by Gasteiger charge is 2.25. The van der Waals surface area contributed by atoms with E-state index >= 15 is 0 Å². The fourth-order valence-electron chi connectivity index (χ4n) is 2.26. The normalized spacial score (nSPS) is 12.5. The van der Waals surface area contributed by atoms with E-state index in [1.165, 1.54) is 32.2 Å². The van der Waals surface area contributed by atoms with Crippen molar-refractivity contribution in [2.24, 2.45) is 0 Å². The van der Waals surface area contributed by atoms with E-state index in [9.17, 15) is 13.2 Å². The summed E-state index contributed by atoms with van der Waals surface area (Å²) < 4.78 is 32.5. The van der Waals surface area contributed by atoms with Gasteiger partial charge in [0, 0.05) is 11.6 Å². The van der Waals surface area contributed by atoms with Crippen molar-refractivity contribution >= 4 is 27.5 Å². The van der Waals surface area contributed by atoms with Gasteiger partial charge in [-0.2, -0.15) is 4.72 Å². The Bertz CT molecular complexity index is 883. The van der Waals surface area contributed by atoms with Crippen LogP contribution in [0.3, 0.4) is 0 Å². The molecule has 0 radical (unpaired) electrons. The molecule has 0 aliphatic rings. The summed E-state index contributed by atoms with van der Waals surface area (Å²) in [5.41, 5.74) is 2.05. The molecule has 6 nitrogen and oxygen atoms in total. The van der Waals surface area contributed by atoms with Gasteiger partial charge in [-0.05, 0) is 37.6 Å². The van der Waals surface area contributed by atoms with E-state index in [1.807, 2.05) is 31.2 Å². The Morgan fingerprint density at radius 2 is 1.85 bits per heavy atom. The van der Waals surface area contributed by atoms with Crippen molar-refractivity contribution in [2.45, 2.75) is 31.3 Å². The number of amides is 1. The maximum absolute atomic E-state index is 12.6. The number of rotatable bonds is 7. The lowest BCUT2D eigenvalue weighted by Gasteiger charge is -2.16. The number of hydrogen-bond acceptors (Lipinski definition) is 4.